The lowest BCUT2D eigenvalue weighted by molar-refractivity contribution is -0.131. The molecule has 0 saturated heterocycles. The zero-order chi connectivity index (χ0) is 15.2. The highest BCUT2D eigenvalue weighted by Crippen LogP contribution is 2.31. The standard InChI is InChI=1S/C17H20O4/c1-3-4-5-6-13-14-8-7-12(20-2)11-16(14)21-15(13)9-10-17(18)19/h7-11H,3-6H2,1-2H3,(H,18,19)/b10-9+. The molecule has 0 bridgehead atoms. The van der Waals surface area contributed by atoms with E-state index in [4.69, 9.17) is 14.3 Å². The van der Waals surface area contributed by atoms with E-state index in [2.05, 4.69) is 6.92 Å². The maximum Gasteiger partial charge on any atom is 0.328 e. The molecule has 0 aliphatic rings. The van der Waals surface area contributed by atoms with Gasteiger partial charge in [-0.15, -0.1) is 0 Å². The van der Waals surface area contributed by atoms with Gasteiger partial charge in [0.1, 0.15) is 17.1 Å². The molecule has 4 heteroatoms. The Bertz CT molecular complexity index is 652. The van der Waals surface area contributed by atoms with Crippen molar-refractivity contribution in [2.24, 2.45) is 0 Å². The number of ether oxygens (including phenoxy) is 1. The van der Waals surface area contributed by atoms with Crippen LogP contribution in [0.4, 0.5) is 0 Å². The molecular formula is C17H20O4. The number of rotatable bonds is 7. The van der Waals surface area contributed by atoms with Gasteiger partial charge in [0.2, 0.25) is 0 Å². The van der Waals surface area contributed by atoms with Gasteiger partial charge < -0.3 is 14.3 Å². The quantitative estimate of drug-likeness (QED) is 0.610. The topological polar surface area (TPSA) is 59.7 Å². The summed E-state index contributed by atoms with van der Waals surface area (Å²) in [7, 11) is 1.61. The van der Waals surface area contributed by atoms with Gasteiger partial charge in [-0.25, -0.2) is 4.79 Å². The predicted octanol–water partition coefficient (Wildman–Crippen LogP) is 4.27. The Balaban J connectivity index is 2.42. The molecule has 0 atom stereocenters. The van der Waals surface area contributed by atoms with Crippen molar-refractivity contribution in [1.82, 2.24) is 0 Å². The van der Waals surface area contributed by atoms with Crippen LogP contribution in [0.25, 0.3) is 17.0 Å². The molecule has 0 spiro atoms. The molecule has 0 unspecified atom stereocenters. The van der Waals surface area contributed by atoms with Crippen molar-refractivity contribution in [2.45, 2.75) is 32.6 Å². The third kappa shape index (κ3) is 3.66. The number of aryl methyl sites for hydroxylation is 1. The normalized spacial score (nSPS) is 11.3. The third-order valence-electron chi connectivity index (χ3n) is 3.44. The third-order valence-corrected chi connectivity index (χ3v) is 3.44. The van der Waals surface area contributed by atoms with Gasteiger partial charge in [0, 0.05) is 23.1 Å². The molecule has 0 radical (unpaired) electrons. The van der Waals surface area contributed by atoms with Gasteiger partial charge in [-0.2, -0.15) is 0 Å². The number of carboxylic acid groups (broad SMARTS) is 1. The van der Waals surface area contributed by atoms with Crippen LogP contribution in [0.5, 0.6) is 5.75 Å². The Morgan fingerprint density at radius 2 is 2.19 bits per heavy atom. The van der Waals surface area contributed by atoms with E-state index >= 15 is 0 Å². The molecule has 0 saturated carbocycles. The van der Waals surface area contributed by atoms with E-state index in [1.165, 1.54) is 6.08 Å². The first-order chi connectivity index (χ1) is 10.2. The van der Waals surface area contributed by atoms with Crippen LogP contribution in [0.1, 0.15) is 37.5 Å². The second-order valence-corrected chi connectivity index (χ2v) is 4.94. The average Bonchev–Trinajstić information content (AvgIpc) is 2.82. The summed E-state index contributed by atoms with van der Waals surface area (Å²) in [5.74, 6) is 0.370. The summed E-state index contributed by atoms with van der Waals surface area (Å²) in [6.45, 7) is 2.16. The van der Waals surface area contributed by atoms with Gasteiger partial charge in [0.15, 0.2) is 0 Å². The first kappa shape index (κ1) is 15.2. The van der Waals surface area contributed by atoms with E-state index in [0.717, 1.165) is 54.0 Å². The number of benzene rings is 1. The van der Waals surface area contributed by atoms with Crippen molar-refractivity contribution in [1.29, 1.82) is 0 Å². The van der Waals surface area contributed by atoms with Crippen LogP contribution in [0, 0.1) is 0 Å². The highest BCUT2D eigenvalue weighted by molar-refractivity contribution is 5.89. The molecule has 1 heterocycles. The van der Waals surface area contributed by atoms with E-state index in [-0.39, 0.29) is 0 Å². The van der Waals surface area contributed by atoms with E-state index in [9.17, 15) is 4.79 Å². The van der Waals surface area contributed by atoms with E-state index in [0.29, 0.717) is 5.76 Å². The summed E-state index contributed by atoms with van der Waals surface area (Å²) in [5.41, 5.74) is 1.80. The minimum absolute atomic E-state index is 0.622. The number of fused-ring (bicyclic) bond motifs is 1. The molecule has 0 fully saturated rings. The predicted molar refractivity (Wildman–Crippen MR) is 82.7 cm³/mol. The zero-order valence-corrected chi connectivity index (χ0v) is 12.4. The van der Waals surface area contributed by atoms with Crippen molar-refractivity contribution >= 4 is 23.0 Å². The van der Waals surface area contributed by atoms with Crippen LogP contribution in [0.3, 0.4) is 0 Å². The van der Waals surface area contributed by atoms with Gasteiger partial charge >= 0.3 is 5.97 Å². The molecule has 0 aliphatic heterocycles. The number of carbonyl (C=O) groups is 1. The fraction of sp³-hybridized carbons (Fsp3) is 0.353. The second kappa shape index (κ2) is 6.97. The molecule has 0 amide bonds. The summed E-state index contributed by atoms with van der Waals surface area (Å²) in [4.78, 5) is 10.7. The van der Waals surface area contributed by atoms with Crippen molar-refractivity contribution < 1.29 is 19.1 Å². The SMILES string of the molecule is CCCCCc1c(/C=C/C(=O)O)oc2cc(OC)ccc12. The van der Waals surface area contributed by atoms with Crippen LogP contribution >= 0.6 is 0 Å². The highest BCUT2D eigenvalue weighted by Gasteiger charge is 2.13. The van der Waals surface area contributed by atoms with Crippen LogP contribution in [0.15, 0.2) is 28.7 Å². The molecule has 1 aromatic carbocycles. The molecule has 2 aromatic rings. The minimum Gasteiger partial charge on any atom is -0.497 e. The Hall–Kier alpha value is -2.23. The van der Waals surface area contributed by atoms with Crippen LogP contribution in [-0.4, -0.2) is 18.2 Å². The van der Waals surface area contributed by atoms with Crippen LogP contribution < -0.4 is 4.74 Å². The van der Waals surface area contributed by atoms with Crippen molar-refractivity contribution in [3.63, 3.8) is 0 Å². The first-order valence-electron chi connectivity index (χ1n) is 7.16. The van der Waals surface area contributed by atoms with Gasteiger partial charge in [-0.3, -0.25) is 0 Å². The summed E-state index contributed by atoms with van der Waals surface area (Å²) in [5, 5.41) is 9.81. The molecule has 2 rings (SSSR count). The first-order valence-corrected chi connectivity index (χ1v) is 7.16. The van der Waals surface area contributed by atoms with Crippen LogP contribution in [0.2, 0.25) is 0 Å². The van der Waals surface area contributed by atoms with Crippen molar-refractivity contribution in [2.75, 3.05) is 7.11 Å². The van der Waals surface area contributed by atoms with Gasteiger partial charge in [-0.05, 0) is 31.1 Å². The number of hydrogen-bond donors (Lipinski definition) is 1. The maximum absolute atomic E-state index is 10.7. The lowest BCUT2D eigenvalue weighted by Crippen LogP contribution is -1.89. The van der Waals surface area contributed by atoms with Crippen molar-refractivity contribution in [3.05, 3.63) is 35.6 Å². The average molecular weight is 288 g/mol. The zero-order valence-electron chi connectivity index (χ0n) is 12.4. The van der Waals surface area contributed by atoms with Gasteiger partial charge in [-0.1, -0.05) is 19.8 Å². The number of hydrogen-bond acceptors (Lipinski definition) is 3. The Labute approximate surface area is 124 Å². The number of unbranched alkanes of at least 4 members (excludes halogenated alkanes) is 2. The van der Waals surface area contributed by atoms with Crippen LogP contribution in [-0.2, 0) is 11.2 Å². The molecule has 0 aliphatic carbocycles. The van der Waals surface area contributed by atoms with E-state index < -0.39 is 5.97 Å². The smallest absolute Gasteiger partial charge is 0.328 e. The van der Waals surface area contributed by atoms with E-state index in [1.807, 2.05) is 18.2 Å². The van der Waals surface area contributed by atoms with E-state index in [1.54, 1.807) is 7.11 Å². The maximum atomic E-state index is 10.7. The number of aliphatic carboxylic acids is 1. The molecule has 4 nitrogen and oxygen atoms in total. The Kier molecular flexibility index (Phi) is 5.04. The minimum atomic E-state index is -0.979. The Morgan fingerprint density at radius 1 is 1.38 bits per heavy atom. The molecule has 1 aromatic heterocycles. The molecule has 1 N–H and O–H groups in total. The highest BCUT2D eigenvalue weighted by atomic mass is 16.5. The van der Waals surface area contributed by atoms with Crippen molar-refractivity contribution in [3.8, 4) is 5.75 Å². The summed E-state index contributed by atoms with van der Waals surface area (Å²) < 4.78 is 11.0. The number of furan rings is 1. The largest absolute Gasteiger partial charge is 0.497 e. The second-order valence-electron chi connectivity index (χ2n) is 4.94. The molecule has 112 valence electrons. The summed E-state index contributed by atoms with van der Waals surface area (Å²) >= 11 is 0. The number of carboxylic acids is 1. The molecule has 21 heavy (non-hydrogen) atoms. The summed E-state index contributed by atoms with van der Waals surface area (Å²) in [6, 6.07) is 5.69. The molecular weight excluding hydrogens is 268 g/mol. The number of methoxy groups -OCH3 is 1. The fourth-order valence-corrected chi connectivity index (χ4v) is 2.37. The monoisotopic (exact) mass is 288 g/mol. The fourth-order valence-electron chi connectivity index (χ4n) is 2.37. The lowest BCUT2D eigenvalue weighted by Gasteiger charge is -2.01. The van der Waals surface area contributed by atoms with Gasteiger partial charge in [0.05, 0.1) is 7.11 Å². The van der Waals surface area contributed by atoms with Gasteiger partial charge in [0.25, 0.3) is 0 Å². The Morgan fingerprint density at radius 3 is 2.86 bits per heavy atom. The summed E-state index contributed by atoms with van der Waals surface area (Å²) in [6.07, 6.45) is 6.86. The lowest BCUT2D eigenvalue weighted by atomic mass is 10.0.